The van der Waals surface area contributed by atoms with Gasteiger partial charge >= 0.3 is 0 Å². The van der Waals surface area contributed by atoms with Gasteiger partial charge in [0.1, 0.15) is 0 Å². The van der Waals surface area contributed by atoms with Crippen LogP contribution < -0.4 is 11.1 Å². The Balaban J connectivity index is 2.68. The molecule has 1 unspecified atom stereocenters. The fourth-order valence-corrected chi connectivity index (χ4v) is 2.44. The van der Waals surface area contributed by atoms with Crippen molar-refractivity contribution in [2.75, 3.05) is 6.54 Å². The molecule has 0 aromatic rings. The summed E-state index contributed by atoms with van der Waals surface area (Å²) < 4.78 is 0. The molecule has 1 aliphatic rings. The van der Waals surface area contributed by atoms with Crippen LogP contribution >= 0.6 is 0 Å². The smallest absolute Gasteiger partial charge is 0.223 e. The molecular formula is C14H26N2O2. The molecule has 4 heteroatoms. The summed E-state index contributed by atoms with van der Waals surface area (Å²) >= 11 is 0. The average molecular weight is 254 g/mol. The van der Waals surface area contributed by atoms with Crippen LogP contribution in [-0.4, -0.2) is 18.4 Å². The molecule has 1 aliphatic carbocycles. The Morgan fingerprint density at radius 2 is 1.94 bits per heavy atom. The van der Waals surface area contributed by atoms with Crippen LogP contribution in [0.1, 0.15) is 52.4 Å². The summed E-state index contributed by atoms with van der Waals surface area (Å²) in [5.41, 5.74) is 5.49. The van der Waals surface area contributed by atoms with Crippen molar-refractivity contribution >= 4 is 11.8 Å². The minimum absolute atomic E-state index is 0.00398. The Kier molecular flexibility index (Phi) is 6.16. The van der Waals surface area contributed by atoms with Gasteiger partial charge in [0.25, 0.3) is 0 Å². The Bertz CT molecular complexity index is 288. The van der Waals surface area contributed by atoms with E-state index in [-0.39, 0.29) is 23.7 Å². The van der Waals surface area contributed by atoms with E-state index in [2.05, 4.69) is 12.2 Å². The highest BCUT2D eigenvalue weighted by Gasteiger charge is 2.36. The van der Waals surface area contributed by atoms with E-state index in [9.17, 15) is 9.59 Å². The van der Waals surface area contributed by atoms with Crippen molar-refractivity contribution in [1.29, 1.82) is 0 Å². The van der Waals surface area contributed by atoms with Crippen LogP contribution in [0.2, 0.25) is 0 Å². The number of amides is 2. The summed E-state index contributed by atoms with van der Waals surface area (Å²) in [4.78, 5) is 23.7. The molecule has 0 spiro atoms. The first kappa shape index (κ1) is 15.0. The van der Waals surface area contributed by atoms with E-state index in [0.29, 0.717) is 12.5 Å². The molecule has 0 heterocycles. The maximum Gasteiger partial charge on any atom is 0.223 e. The third kappa shape index (κ3) is 4.67. The van der Waals surface area contributed by atoms with Crippen LogP contribution in [0.15, 0.2) is 0 Å². The number of primary amides is 1. The lowest BCUT2D eigenvalue weighted by Crippen LogP contribution is -2.40. The van der Waals surface area contributed by atoms with Crippen LogP contribution in [0.5, 0.6) is 0 Å². The molecule has 18 heavy (non-hydrogen) atoms. The molecule has 2 atom stereocenters. The summed E-state index contributed by atoms with van der Waals surface area (Å²) in [6.45, 7) is 4.59. The zero-order chi connectivity index (χ0) is 13.5. The average Bonchev–Trinajstić information content (AvgIpc) is 3.11. The highest BCUT2D eigenvalue weighted by molar-refractivity contribution is 5.86. The van der Waals surface area contributed by atoms with E-state index in [0.717, 1.165) is 25.7 Å². The molecule has 0 aromatic carbocycles. The summed E-state index contributed by atoms with van der Waals surface area (Å²) in [6.07, 6.45) is 5.91. The highest BCUT2D eigenvalue weighted by Crippen LogP contribution is 2.38. The molecule has 1 saturated carbocycles. The number of hydrogen-bond donors (Lipinski definition) is 2. The van der Waals surface area contributed by atoms with Gasteiger partial charge in [0.2, 0.25) is 11.8 Å². The second-order valence-corrected chi connectivity index (χ2v) is 5.33. The van der Waals surface area contributed by atoms with E-state index in [1.54, 1.807) is 0 Å². The Labute approximate surface area is 110 Å². The predicted octanol–water partition coefficient (Wildman–Crippen LogP) is 1.83. The summed E-state index contributed by atoms with van der Waals surface area (Å²) in [7, 11) is 0. The third-order valence-corrected chi connectivity index (χ3v) is 3.69. The van der Waals surface area contributed by atoms with Gasteiger partial charge in [0.05, 0.1) is 0 Å². The zero-order valence-electron chi connectivity index (χ0n) is 11.6. The maximum absolute atomic E-state index is 12.1. The first-order chi connectivity index (χ1) is 8.60. The fraction of sp³-hybridized carbons (Fsp3) is 0.857. The molecule has 1 rings (SSSR count). The number of carbonyl (C=O) groups is 2. The molecule has 0 aliphatic heterocycles. The van der Waals surface area contributed by atoms with Gasteiger partial charge in [-0.25, -0.2) is 0 Å². The van der Waals surface area contributed by atoms with E-state index in [1.807, 2.05) is 6.92 Å². The standard InChI is InChI=1S/C14H26N2O2/c1-3-5-6-11(13(15)17)12(9-10-7-8-10)14(18)16-4-2/h10-12H,3-9H2,1-2H3,(H2,15,17)(H,16,18)/t11-,12?/m0/s1. The monoisotopic (exact) mass is 254 g/mol. The number of rotatable bonds is 9. The van der Waals surface area contributed by atoms with Gasteiger partial charge in [0, 0.05) is 18.4 Å². The molecular weight excluding hydrogens is 228 g/mol. The highest BCUT2D eigenvalue weighted by atomic mass is 16.2. The van der Waals surface area contributed by atoms with Gasteiger partial charge in [-0.3, -0.25) is 9.59 Å². The lowest BCUT2D eigenvalue weighted by molar-refractivity contribution is -0.134. The van der Waals surface area contributed by atoms with Gasteiger partial charge in [-0.05, 0) is 25.7 Å². The number of carbonyl (C=O) groups excluding carboxylic acids is 2. The fourth-order valence-electron chi connectivity index (χ4n) is 2.44. The van der Waals surface area contributed by atoms with Crippen LogP contribution in [-0.2, 0) is 9.59 Å². The quantitative estimate of drug-likeness (QED) is 0.659. The molecule has 4 nitrogen and oxygen atoms in total. The van der Waals surface area contributed by atoms with E-state index in [1.165, 1.54) is 12.8 Å². The number of nitrogens with two attached hydrogens (primary N) is 1. The van der Waals surface area contributed by atoms with Crippen LogP contribution in [0.25, 0.3) is 0 Å². The Morgan fingerprint density at radius 3 is 2.39 bits per heavy atom. The first-order valence-electron chi connectivity index (χ1n) is 7.17. The van der Waals surface area contributed by atoms with Crippen LogP contribution in [0.3, 0.4) is 0 Å². The normalized spacial score (nSPS) is 18.1. The van der Waals surface area contributed by atoms with E-state index < -0.39 is 0 Å². The van der Waals surface area contributed by atoms with Crippen molar-refractivity contribution in [3.8, 4) is 0 Å². The Morgan fingerprint density at radius 1 is 1.28 bits per heavy atom. The van der Waals surface area contributed by atoms with Crippen molar-refractivity contribution in [1.82, 2.24) is 5.32 Å². The third-order valence-electron chi connectivity index (χ3n) is 3.69. The SMILES string of the molecule is CCCC[C@H](C(N)=O)C(CC1CC1)C(=O)NCC. The molecule has 0 bridgehead atoms. The second-order valence-electron chi connectivity index (χ2n) is 5.33. The minimum Gasteiger partial charge on any atom is -0.369 e. The lowest BCUT2D eigenvalue weighted by atomic mass is 9.83. The molecule has 0 radical (unpaired) electrons. The molecule has 3 N–H and O–H groups in total. The van der Waals surface area contributed by atoms with Gasteiger partial charge in [0.15, 0.2) is 0 Å². The van der Waals surface area contributed by atoms with Crippen molar-refractivity contribution in [2.24, 2.45) is 23.5 Å². The van der Waals surface area contributed by atoms with Crippen molar-refractivity contribution in [3.05, 3.63) is 0 Å². The molecule has 104 valence electrons. The first-order valence-corrected chi connectivity index (χ1v) is 7.17. The molecule has 0 aromatic heterocycles. The molecule has 0 saturated heterocycles. The zero-order valence-corrected chi connectivity index (χ0v) is 11.6. The number of unbranched alkanes of at least 4 members (excludes halogenated alkanes) is 1. The van der Waals surface area contributed by atoms with Crippen molar-refractivity contribution < 1.29 is 9.59 Å². The van der Waals surface area contributed by atoms with Crippen LogP contribution in [0.4, 0.5) is 0 Å². The largest absolute Gasteiger partial charge is 0.369 e. The second kappa shape index (κ2) is 7.39. The number of nitrogens with one attached hydrogen (secondary N) is 1. The minimum atomic E-state index is -0.319. The van der Waals surface area contributed by atoms with Gasteiger partial charge in [-0.1, -0.05) is 32.6 Å². The lowest BCUT2D eigenvalue weighted by Gasteiger charge is -2.23. The van der Waals surface area contributed by atoms with Gasteiger partial charge in [-0.15, -0.1) is 0 Å². The molecule has 1 fully saturated rings. The van der Waals surface area contributed by atoms with Gasteiger partial charge in [-0.2, -0.15) is 0 Å². The summed E-state index contributed by atoms with van der Waals surface area (Å²) in [5, 5.41) is 2.84. The van der Waals surface area contributed by atoms with Crippen molar-refractivity contribution in [2.45, 2.75) is 52.4 Å². The topological polar surface area (TPSA) is 72.2 Å². The number of hydrogen-bond acceptors (Lipinski definition) is 2. The Hall–Kier alpha value is -1.06. The summed E-state index contributed by atoms with van der Waals surface area (Å²) in [5.74, 6) is -0.204. The predicted molar refractivity (Wildman–Crippen MR) is 71.7 cm³/mol. The van der Waals surface area contributed by atoms with E-state index >= 15 is 0 Å². The summed E-state index contributed by atoms with van der Waals surface area (Å²) in [6, 6.07) is 0. The van der Waals surface area contributed by atoms with Crippen LogP contribution in [0, 0.1) is 17.8 Å². The maximum atomic E-state index is 12.1. The van der Waals surface area contributed by atoms with Gasteiger partial charge < -0.3 is 11.1 Å². The molecule has 2 amide bonds. The van der Waals surface area contributed by atoms with Crippen molar-refractivity contribution in [3.63, 3.8) is 0 Å². The van der Waals surface area contributed by atoms with E-state index in [4.69, 9.17) is 5.73 Å².